The van der Waals surface area contributed by atoms with Crippen LogP contribution in [0, 0.1) is 6.92 Å². The molecule has 2 aliphatic heterocycles. The number of aryl methyl sites for hydroxylation is 1. The number of anilines is 4. The van der Waals surface area contributed by atoms with Crippen LogP contribution in [0.4, 0.5) is 23.5 Å². The van der Waals surface area contributed by atoms with Crippen molar-refractivity contribution >= 4 is 29.4 Å². The summed E-state index contributed by atoms with van der Waals surface area (Å²) in [5.41, 5.74) is 8.90. The Hall–Kier alpha value is -3.76. The summed E-state index contributed by atoms with van der Waals surface area (Å²) in [6.45, 7) is 6.65. The molecule has 0 saturated carbocycles. The molecule has 6 N–H and O–H groups in total. The molecule has 2 saturated heterocycles. The molecule has 188 valence electrons. The van der Waals surface area contributed by atoms with Crippen molar-refractivity contribution in [2.24, 2.45) is 5.73 Å². The van der Waals surface area contributed by atoms with E-state index < -0.39 is 5.91 Å². The van der Waals surface area contributed by atoms with E-state index in [-0.39, 0.29) is 12.1 Å². The molecule has 3 aromatic rings. The Balaban J connectivity index is 1.33. The molecule has 2 atom stereocenters. The molecule has 3 heterocycles. The van der Waals surface area contributed by atoms with Crippen LogP contribution in [0.5, 0.6) is 0 Å². The first kappa shape index (κ1) is 24.0. The summed E-state index contributed by atoms with van der Waals surface area (Å²) in [6.07, 6.45) is 2.02. The van der Waals surface area contributed by atoms with Crippen molar-refractivity contribution in [3.8, 4) is 0 Å². The van der Waals surface area contributed by atoms with E-state index in [9.17, 15) is 4.79 Å². The van der Waals surface area contributed by atoms with Gasteiger partial charge in [0.15, 0.2) is 0 Å². The normalized spacial score (nSPS) is 19.8. The lowest BCUT2D eigenvalue weighted by atomic mass is 10.1. The van der Waals surface area contributed by atoms with Gasteiger partial charge in [-0.05, 0) is 49.6 Å². The molecule has 2 aliphatic rings. The molecule has 2 aromatic carbocycles. The number of nitrogens with one attached hydrogen (secondary N) is 4. The lowest BCUT2D eigenvalue weighted by Gasteiger charge is -2.18. The number of carbonyl (C=O) groups is 1. The lowest BCUT2D eigenvalue weighted by molar-refractivity contribution is 0.100. The van der Waals surface area contributed by atoms with Crippen molar-refractivity contribution in [1.29, 1.82) is 0 Å². The monoisotopic (exact) mass is 487 g/mol. The first-order valence-electron chi connectivity index (χ1n) is 12.5. The van der Waals surface area contributed by atoms with Gasteiger partial charge in [-0.1, -0.05) is 36.4 Å². The molecule has 0 aliphatic carbocycles. The summed E-state index contributed by atoms with van der Waals surface area (Å²) < 4.78 is 0. The van der Waals surface area contributed by atoms with Crippen LogP contribution in [0.25, 0.3) is 0 Å². The molecule has 0 radical (unpaired) electrons. The molecule has 0 spiro atoms. The van der Waals surface area contributed by atoms with E-state index in [0.29, 0.717) is 23.4 Å². The van der Waals surface area contributed by atoms with Crippen LogP contribution in [0.15, 0.2) is 48.5 Å². The molecular formula is C26H33N9O. The molecule has 1 amide bonds. The Labute approximate surface area is 211 Å². The highest BCUT2D eigenvalue weighted by atomic mass is 16.1. The third kappa shape index (κ3) is 6.07. The first-order chi connectivity index (χ1) is 17.5. The maximum absolute atomic E-state index is 11.7. The summed E-state index contributed by atoms with van der Waals surface area (Å²) in [5.74, 6) is 0.973. The summed E-state index contributed by atoms with van der Waals surface area (Å²) in [4.78, 5) is 28.1. The fraction of sp³-hybridized carbons (Fsp3) is 0.385. The Kier molecular flexibility index (Phi) is 7.24. The van der Waals surface area contributed by atoms with Crippen molar-refractivity contribution in [2.75, 3.05) is 42.1 Å². The number of rotatable bonds is 9. The van der Waals surface area contributed by atoms with Crippen LogP contribution in [-0.2, 0) is 6.54 Å². The van der Waals surface area contributed by atoms with Crippen LogP contribution >= 0.6 is 0 Å². The minimum Gasteiger partial charge on any atom is -0.366 e. The predicted molar refractivity (Wildman–Crippen MR) is 141 cm³/mol. The van der Waals surface area contributed by atoms with Crippen LogP contribution in [0.3, 0.4) is 0 Å². The minimum atomic E-state index is -0.478. The van der Waals surface area contributed by atoms with Crippen LogP contribution in [0.1, 0.15) is 34.3 Å². The number of primary amides is 1. The maximum Gasteiger partial charge on any atom is 0.248 e. The number of hydrogen-bond acceptors (Lipinski definition) is 9. The van der Waals surface area contributed by atoms with Crippen LogP contribution in [-0.4, -0.2) is 64.0 Å². The van der Waals surface area contributed by atoms with Gasteiger partial charge in [0.25, 0.3) is 0 Å². The summed E-state index contributed by atoms with van der Waals surface area (Å²) in [5, 5.41) is 13.6. The first-order valence-corrected chi connectivity index (χ1v) is 12.5. The second kappa shape index (κ2) is 10.9. The second-order valence-corrected chi connectivity index (χ2v) is 9.51. The topological polar surface area (TPSA) is 133 Å². The Morgan fingerprint density at radius 1 is 1.03 bits per heavy atom. The molecular weight excluding hydrogens is 454 g/mol. The van der Waals surface area contributed by atoms with Crippen molar-refractivity contribution in [3.63, 3.8) is 0 Å². The highest BCUT2D eigenvalue weighted by Gasteiger charge is 2.24. The molecule has 2 fully saturated rings. The van der Waals surface area contributed by atoms with Gasteiger partial charge in [0.1, 0.15) is 0 Å². The number of aromatic nitrogens is 3. The third-order valence-electron chi connectivity index (χ3n) is 6.65. The zero-order valence-electron chi connectivity index (χ0n) is 20.5. The average molecular weight is 488 g/mol. The SMILES string of the molecule is Cc1ccc(C(N)=O)cc1Nc1nc(NC2CCNC2)nc(NC2CCN(Cc3ccccc3)C2)n1. The van der Waals surface area contributed by atoms with Crippen molar-refractivity contribution in [3.05, 3.63) is 65.2 Å². The van der Waals surface area contributed by atoms with Gasteiger partial charge in [-0.3, -0.25) is 9.69 Å². The number of likely N-dealkylation sites (tertiary alicyclic amines) is 1. The van der Waals surface area contributed by atoms with E-state index in [1.54, 1.807) is 12.1 Å². The molecule has 10 nitrogen and oxygen atoms in total. The summed E-state index contributed by atoms with van der Waals surface area (Å²) in [6, 6.07) is 16.3. The molecule has 0 bridgehead atoms. The number of carbonyl (C=O) groups excluding carboxylic acids is 1. The Bertz CT molecular complexity index is 1200. The minimum absolute atomic E-state index is 0.241. The molecule has 1 aromatic heterocycles. The van der Waals surface area contributed by atoms with E-state index in [0.717, 1.165) is 56.8 Å². The number of amides is 1. The Morgan fingerprint density at radius 3 is 2.50 bits per heavy atom. The molecule has 36 heavy (non-hydrogen) atoms. The largest absolute Gasteiger partial charge is 0.366 e. The van der Waals surface area contributed by atoms with Gasteiger partial charge in [0.05, 0.1) is 0 Å². The quantitative estimate of drug-likeness (QED) is 0.309. The maximum atomic E-state index is 11.7. The molecule has 10 heteroatoms. The lowest BCUT2D eigenvalue weighted by Crippen LogP contribution is -2.28. The van der Waals surface area contributed by atoms with E-state index >= 15 is 0 Å². The van der Waals surface area contributed by atoms with Crippen LogP contribution in [0.2, 0.25) is 0 Å². The standard InChI is InChI=1S/C26H33N9O/c1-17-7-8-19(23(27)36)13-22(17)31-26-33-24(29-20-9-11-28-14-20)32-25(34-26)30-21-10-12-35(16-21)15-18-5-3-2-4-6-18/h2-8,13,20-21,28H,9-12,14-16H2,1H3,(H2,27,36)(H3,29,30,31,32,33,34). The second-order valence-electron chi connectivity index (χ2n) is 9.51. The highest BCUT2D eigenvalue weighted by molar-refractivity contribution is 5.94. The number of benzene rings is 2. The smallest absolute Gasteiger partial charge is 0.248 e. The van der Waals surface area contributed by atoms with E-state index in [4.69, 9.17) is 5.73 Å². The van der Waals surface area contributed by atoms with Gasteiger partial charge in [0, 0.05) is 49.5 Å². The van der Waals surface area contributed by atoms with Crippen molar-refractivity contribution in [1.82, 2.24) is 25.2 Å². The van der Waals surface area contributed by atoms with Gasteiger partial charge >= 0.3 is 0 Å². The molecule has 2 unspecified atom stereocenters. The number of nitrogens with two attached hydrogens (primary N) is 1. The fourth-order valence-corrected chi connectivity index (χ4v) is 4.67. The third-order valence-corrected chi connectivity index (χ3v) is 6.65. The zero-order valence-corrected chi connectivity index (χ0v) is 20.5. The number of nitrogens with zero attached hydrogens (tertiary/aromatic N) is 4. The fourth-order valence-electron chi connectivity index (χ4n) is 4.67. The highest BCUT2D eigenvalue weighted by Crippen LogP contribution is 2.23. The predicted octanol–water partition coefficient (Wildman–Crippen LogP) is 2.48. The summed E-state index contributed by atoms with van der Waals surface area (Å²) in [7, 11) is 0. The van der Waals surface area contributed by atoms with E-state index in [1.165, 1.54) is 5.56 Å². The zero-order chi connectivity index (χ0) is 24.9. The van der Waals surface area contributed by atoms with Gasteiger partial charge < -0.3 is 27.0 Å². The van der Waals surface area contributed by atoms with Gasteiger partial charge in [-0.2, -0.15) is 15.0 Å². The summed E-state index contributed by atoms with van der Waals surface area (Å²) >= 11 is 0. The molecule has 5 rings (SSSR count). The van der Waals surface area contributed by atoms with Gasteiger partial charge in [-0.15, -0.1) is 0 Å². The van der Waals surface area contributed by atoms with E-state index in [1.807, 2.05) is 19.1 Å². The van der Waals surface area contributed by atoms with Gasteiger partial charge in [-0.25, -0.2) is 0 Å². The number of hydrogen-bond donors (Lipinski definition) is 5. The van der Waals surface area contributed by atoms with Crippen LogP contribution < -0.4 is 27.0 Å². The van der Waals surface area contributed by atoms with Crippen molar-refractivity contribution < 1.29 is 4.79 Å². The van der Waals surface area contributed by atoms with E-state index in [2.05, 4.69) is 65.4 Å². The van der Waals surface area contributed by atoms with Crippen molar-refractivity contribution in [2.45, 2.75) is 38.4 Å². The average Bonchev–Trinajstić information content (AvgIpc) is 3.53. The van der Waals surface area contributed by atoms with Gasteiger partial charge in [0.2, 0.25) is 23.8 Å². The Morgan fingerprint density at radius 2 is 1.78 bits per heavy atom.